The SMILES string of the molecule is C=CCN(c1ccc(C(=O)NCCSc2ccc(C)cc2)cc1)S(C)(=O)=O. The summed E-state index contributed by atoms with van der Waals surface area (Å²) in [6, 6.07) is 14.8. The predicted octanol–water partition coefficient (Wildman–Crippen LogP) is 3.47. The summed E-state index contributed by atoms with van der Waals surface area (Å²) in [6.07, 6.45) is 2.66. The number of hydrogen-bond acceptors (Lipinski definition) is 4. The van der Waals surface area contributed by atoms with E-state index in [9.17, 15) is 13.2 Å². The van der Waals surface area contributed by atoms with Gasteiger partial charge in [0.2, 0.25) is 10.0 Å². The highest BCUT2D eigenvalue weighted by Gasteiger charge is 2.16. The van der Waals surface area contributed by atoms with E-state index < -0.39 is 10.0 Å². The van der Waals surface area contributed by atoms with E-state index in [1.165, 1.54) is 20.8 Å². The number of benzene rings is 2. The van der Waals surface area contributed by atoms with Gasteiger partial charge in [0.25, 0.3) is 5.91 Å². The van der Waals surface area contributed by atoms with E-state index in [-0.39, 0.29) is 12.5 Å². The van der Waals surface area contributed by atoms with Crippen LogP contribution in [-0.2, 0) is 10.0 Å². The Labute approximate surface area is 165 Å². The van der Waals surface area contributed by atoms with Crippen molar-refractivity contribution in [1.82, 2.24) is 5.32 Å². The number of thioether (sulfide) groups is 1. The highest BCUT2D eigenvalue weighted by molar-refractivity contribution is 7.99. The van der Waals surface area contributed by atoms with Gasteiger partial charge in [-0.25, -0.2) is 8.42 Å². The Morgan fingerprint density at radius 3 is 2.33 bits per heavy atom. The highest BCUT2D eigenvalue weighted by atomic mass is 32.2. The zero-order chi connectivity index (χ0) is 19.9. The number of carbonyl (C=O) groups excluding carboxylic acids is 1. The first-order valence-corrected chi connectivity index (χ1v) is 11.3. The lowest BCUT2D eigenvalue weighted by atomic mass is 10.2. The van der Waals surface area contributed by atoms with Gasteiger partial charge < -0.3 is 5.32 Å². The van der Waals surface area contributed by atoms with Crippen molar-refractivity contribution in [2.75, 3.05) is 29.4 Å². The van der Waals surface area contributed by atoms with Crippen LogP contribution in [0, 0.1) is 6.92 Å². The van der Waals surface area contributed by atoms with E-state index in [0.717, 1.165) is 12.0 Å². The number of nitrogens with one attached hydrogen (secondary N) is 1. The molecule has 0 saturated carbocycles. The van der Waals surface area contributed by atoms with Crippen molar-refractivity contribution < 1.29 is 13.2 Å². The Kier molecular flexibility index (Phi) is 7.50. The third-order valence-corrected chi connectivity index (χ3v) is 5.96. The second-order valence-electron chi connectivity index (χ2n) is 6.05. The monoisotopic (exact) mass is 404 g/mol. The molecule has 0 unspecified atom stereocenters. The van der Waals surface area contributed by atoms with Crippen LogP contribution in [0.4, 0.5) is 5.69 Å². The lowest BCUT2D eigenvalue weighted by molar-refractivity contribution is 0.0956. The average molecular weight is 405 g/mol. The van der Waals surface area contributed by atoms with E-state index in [4.69, 9.17) is 0 Å². The van der Waals surface area contributed by atoms with Gasteiger partial charge in [-0.05, 0) is 43.3 Å². The minimum atomic E-state index is -3.40. The average Bonchev–Trinajstić information content (AvgIpc) is 2.64. The largest absolute Gasteiger partial charge is 0.351 e. The normalized spacial score (nSPS) is 11.0. The molecule has 0 bridgehead atoms. The van der Waals surface area contributed by atoms with Gasteiger partial charge in [0.1, 0.15) is 0 Å². The summed E-state index contributed by atoms with van der Waals surface area (Å²) >= 11 is 1.68. The van der Waals surface area contributed by atoms with E-state index in [1.54, 1.807) is 36.0 Å². The fourth-order valence-corrected chi connectivity index (χ4v) is 4.05. The van der Waals surface area contributed by atoms with Crippen molar-refractivity contribution in [2.45, 2.75) is 11.8 Å². The minimum absolute atomic E-state index is 0.180. The van der Waals surface area contributed by atoms with E-state index in [2.05, 4.69) is 36.2 Å². The number of hydrogen-bond donors (Lipinski definition) is 1. The second-order valence-corrected chi connectivity index (χ2v) is 9.12. The molecule has 0 atom stereocenters. The van der Waals surface area contributed by atoms with Crippen molar-refractivity contribution in [3.05, 3.63) is 72.3 Å². The van der Waals surface area contributed by atoms with Crippen LogP contribution in [0.1, 0.15) is 15.9 Å². The van der Waals surface area contributed by atoms with Crippen LogP contribution in [0.15, 0.2) is 66.1 Å². The maximum absolute atomic E-state index is 12.2. The number of sulfonamides is 1. The molecule has 0 aliphatic carbocycles. The molecule has 144 valence electrons. The van der Waals surface area contributed by atoms with Crippen LogP contribution in [-0.4, -0.2) is 39.4 Å². The molecule has 1 amide bonds. The molecule has 2 aromatic rings. The topological polar surface area (TPSA) is 66.5 Å². The molecule has 0 radical (unpaired) electrons. The van der Waals surface area contributed by atoms with Crippen LogP contribution in [0.2, 0.25) is 0 Å². The zero-order valence-corrected chi connectivity index (χ0v) is 17.1. The Morgan fingerprint density at radius 2 is 1.78 bits per heavy atom. The summed E-state index contributed by atoms with van der Waals surface area (Å²) in [4.78, 5) is 13.4. The van der Waals surface area contributed by atoms with Crippen LogP contribution in [0.5, 0.6) is 0 Å². The molecule has 1 N–H and O–H groups in total. The van der Waals surface area contributed by atoms with Gasteiger partial charge in [-0.3, -0.25) is 9.10 Å². The molecule has 0 saturated heterocycles. The molecule has 27 heavy (non-hydrogen) atoms. The maximum Gasteiger partial charge on any atom is 0.251 e. The standard InChI is InChI=1S/C20H24N2O3S2/c1-4-14-22(27(3,24)25)18-9-7-17(8-10-18)20(23)21-13-15-26-19-11-5-16(2)6-12-19/h4-12H,1,13-15H2,2-3H3,(H,21,23). The molecule has 0 spiro atoms. The van der Waals surface area contributed by atoms with E-state index in [0.29, 0.717) is 17.8 Å². The number of nitrogens with zero attached hydrogens (tertiary/aromatic N) is 1. The van der Waals surface area contributed by atoms with Gasteiger partial charge >= 0.3 is 0 Å². The molecule has 2 aromatic carbocycles. The first kappa shape index (κ1) is 21.1. The minimum Gasteiger partial charge on any atom is -0.351 e. The molecular formula is C20H24N2O3S2. The molecule has 0 aromatic heterocycles. The first-order chi connectivity index (χ1) is 12.8. The van der Waals surface area contributed by atoms with E-state index >= 15 is 0 Å². The number of anilines is 1. The van der Waals surface area contributed by atoms with Crippen molar-refractivity contribution in [3.8, 4) is 0 Å². The van der Waals surface area contributed by atoms with Crippen LogP contribution < -0.4 is 9.62 Å². The van der Waals surface area contributed by atoms with Crippen LogP contribution in [0.3, 0.4) is 0 Å². The van der Waals surface area contributed by atoms with Gasteiger partial charge in [-0.2, -0.15) is 0 Å². The summed E-state index contributed by atoms with van der Waals surface area (Å²) in [5.74, 6) is 0.592. The Morgan fingerprint density at radius 1 is 1.15 bits per heavy atom. The third-order valence-electron chi connectivity index (χ3n) is 3.79. The van der Waals surface area contributed by atoms with Gasteiger partial charge in [-0.15, -0.1) is 18.3 Å². The molecule has 5 nitrogen and oxygen atoms in total. The van der Waals surface area contributed by atoms with E-state index in [1.807, 2.05) is 6.92 Å². The maximum atomic E-state index is 12.2. The van der Waals surface area contributed by atoms with Crippen molar-refractivity contribution >= 4 is 33.4 Å². The highest BCUT2D eigenvalue weighted by Crippen LogP contribution is 2.19. The molecule has 0 fully saturated rings. The Hall–Kier alpha value is -2.25. The molecule has 0 aliphatic rings. The summed E-state index contributed by atoms with van der Waals surface area (Å²) in [5, 5.41) is 2.88. The summed E-state index contributed by atoms with van der Waals surface area (Å²) in [6.45, 7) is 6.36. The lowest BCUT2D eigenvalue weighted by Crippen LogP contribution is -2.30. The van der Waals surface area contributed by atoms with Crippen molar-refractivity contribution in [3.63, 3.8) is 0 Å². The number of carbonyl (C=O) groups is 1. The van der Waals surface area contributed by atoms with Crippen LogP contribution >= 0.6 is 11.8 Å². The Bertz CT molecular complexity index is 876. The number of amides is 1. The molecular weight excluding hydrogens is 380 g/mol. The summed E-state index contributed by atoms with van der Waals surface area (Å²) in [7, 11) is -3.40. The summed E-state index contributed by atoms with van der Waals surface area (Å²) in [5.41, 5.74) is 2.22. The molecule has 2 rings (SSSR count). The lowest BCUT2D eigenvalue weighted by Gasteiger charge is -2.20. The first-order valence-electron chi connectivity index (χ1n) is 8.47. The number of rotatable bonds is 9. The molecule has 0 heterocycles. The van der Waals surface area contributed by atoms with Crippen molar-refractivity contribution in [2.24, 2.45) is 0 Å². The molecule has 7 heteroatoms. The van der Waals surface area contributed by atoms with Gasteiger partial charge in [0, 0.05) is 22.8 Å². The zero-order valence-electron chi connectivity index (χ0n) is 15.5. The van der Waals surface area contributed by atoms with Crippen LogP contribution in [0.25, 0.3) is 0 Å². The fraction of sp³-hybridized carbons (Fsp3) is 0.250. The fourth-order valence-electron chi connectivity index (χ4n) is 2.40. The Balaban J connectivity index is 1.89. The predicted molar refractivity (Wildman–Crippen MR) is 113 cm³/mol. The quantitative estimate of drug-likeness (QED) is 0.395. The van der Waals surface area contributed by atoms with Gasteiger partial charge in [-0.1, -0.05) is 23.8 Å². The van der Waals surface area contributed by atoms with Gasteiger partial charge in [0.05, 0.1) is 18.5 Å². The number of aryl methyl sites for hydroxylation is 1. The smallest absolute Gasteiger partial charge is 0.251 e. The molecule has 0 aliphatic heterocycles. The third kappa shape index (κ3) is 6.45. The van der Waals surface area contributed by atoms with Gasteiger partial charge in [0.15, 0.2) is 0 Å². The second kappa shape index (κ2) is 9.62. The van der Waals surface area contributed by atoms with Crippen molar-refractivity contribution in [1.29, 1.82) is 0 Å². The summed E-state index contributed by atoms with van der Waals surface area (Å²) < 4.78 is 24.9.